The van der Waals surface area contributed by atoms with E-state index in [9.17, 15) is 4.39 Å². The lowest BCUT2D eigenvalue weighted by atomic mass is 10.2. The normalized spacial score (nSPS) is 15.8. The van der Waals surface area contributed by atoms with Crippen LogP contribution in [0.5, 0.6) is 0 Å². The first-order valence-corrected chi connectivity index (χ1v) is 9.34. The Labute approximate surface area is 164 Å². The number of imidazole rings is 1. The van der Waals surface area contributed by atoms with Crippen molar-refractivity contribution in [3.63, 3.8) is 0 Å². The topological polar surface area (TPSA) is 63.8 Å². The first-order valence-electron chi connectivity index (χ1n) is 8.96. The standard InChI is InChI=1S/C19H17ClF2N6/c1-27-4-6-28(7-5-27)15-3-2-13-18(16(15)22)24-19(23-13)17-10-8-12(21)11(20)9-14(10)25-26-17/h2-3,8-9H,4-7H2,1H3,(H,23,24)(H,25,26). The molecule has 4 aromatic rings. The van der Waals surface area contributed by atoms with E-state index in [1.54, 1.807) is 6.07 Å². The number of hydrogen-bond donors (Lipinski definition) is 2. The van der Waals surface area contributed by atoms with Crippen molar-refractivity contribution >= 4 is 39.2 Å². The molecule has 0 unspecified atom stereocenters. The maximum Gasteiger partial charge on any atom is 0.174 e. The first-order chi connectivity index (χ1) is 13.5. The molecule has 0 atom stereocenters. The van der Waals surface area contributed by atoms with E-state index >= 15 is 4.39 Å². The number of H-pyrrole nitrogens is 2. The van der Waals surface area contributed by atoms with E-state index in [-0.39, 0.29) is 16.4 Å². The number of nitrogens with zero attached hydrogens (tertiary/aromatic N) is 4. The molecule has 1 fully saturated rings. The number of likely N-dealkylation sites (N-methyl/N-ethyl adjacent to an activating group) is 1. The number of halogens is 3. The zero-order valence-corrected chi connectivity index (χ0v) is 15.8. The Morgan fingerprint density at radius 3 is 2.64 bits per heavy atom. The summed E-state index contributed by atoms with van der Waals surface area (Å²) in [5.41, 5.74) is 2.36. The van der Waals surface area contributed by atoms with Crippen LogP contribution < -0.4 is 4.90 Å². The monoisotopic (exact) mass is 402 g/mol. The van der Waals surface area contributed by atoms with Crippen LogP contribution in [-0.4, -0.2) is 58.3 Å². The van der Waals surface area contributed by atoms with Gasteiger partial charge < -0.3 is 14.8 Å². The minimum atomic E-state index is -0.545. The number of rotatable bonds is 2. The molecule has 1 aliphatic rings. The molecule has 2 aromatic carbocycles. The summed E-state index contributed by atoms with van der Waals surface area (Å²) in [6.07, 6.45) is 0. The lowest BCUT2D eigenvalue weighted by Gasteiger charge is -2.34. The summed E-state index contributed by atoms with van der Waals surface area (Å²) < 4.78 is 29.1. The van der Waals surface area contributed by atoms with Crippen molar-refractivity contribution in [3.05, 3.63) is 40.9 Å². The van der Waals surface area contributed by atoms with E-state index in [1.807, 2.05) is 11.0 Å². The van der Waals surface area contributed by atoms with Gasteiger partial charge in [0.15, 0.2) is 11.6 Å². The van der Waals surface area contributed by atoms with Gasteiger partial charge in [0.1, 0.15) is 17.0 Å². The number of fused-ring (bicyclic) bond motifs is 2. The molecule has 6 nitrogen and oxygen atoms in total. The van der Waals surface area contributed by atoms with Gasteiger partial charge in [0, 0.05) is 31.6 Å². The molecule has 0 spiro atoms. The van der Waals surface area contributed by atoms with Gasteiger partial charge in [0.05, 0.1) is 21.7 Å². The fourth-order valence-electron chi connectivity index (χ4n) is 3.63. The van der Waals surface area contributed by atoms with Crippen LogP contribution in [0, 0.1) is 11.6 Å². The lowest BCUT2D eigenvalue weighted by Crippen LogP contribution is -2.44. The highest BCUT2D eigenvalue weighted by Crippen LogP contribution is 2.32. The lowest BCUT2D eigenvalue weighted by molar-refractivity contribution is 0.312. The minimum Gasteiger partial charge on any atom is -0.367 e. The smallest absolute Gasteiger partial charge is 0.174 e. The van der Waals surface area contributed by atoms with Gasteiger partial charge in [-0.3, -0.25) is 5.10 Å². The number of piperazine rings is 1. The molecule has 0 radical (unpaired) electrons. The molecular weight excluding hydrogens is 386 g/mol. The van der Waals surface area contributed by atoms with Crippen LogP contribution in [0.4, 0.5) is 14.5 Å². The minimum absolute atomic E-state index is 0.00942. The molecule has 0 aliphatic carbocycles. The molecular formula is C19H17ClF2N6. The van der Waals surface area contributed by atoms with Crippen LogP contribution in [0.15, 0.2) is 24.3 Å². The fourth-order valence-corrected chi connectivity index (χ4v) is 3.79. The van der Waals surface area contributed by atoms with E-state index in [1.165, 1.54) is 12.1 Å². The number of anilines is 1. The molecule has 28 heavy (non-hydrogen) atoms. The van der Waals surface area contributed by atoms with Gasteiger partial charge in [-0.05, 0) is 31.3 Å². The average molecular weight is 403 g/mol. The summed E-state index contributed by atoms with van der Waals surface area (Å²) in [7, 11) is 2.06. The van der Waals surface area contributed by atoms with Crippen LogP contribution in [0.25, 0.3) is 33.5 Å². The molecule has 5 rings (SSSR count). The Morgan fingerprint density at radius 2 is 1.86 bits per heavy atom. The van der Waals surface area contributed by atoms with Crippen molar-refractivity contribution in [2.75, 3.05) is 38.1 Å². The van der Waals surface area contributed by atoms with Crippen molar-refractivity contribution in [1.29, 1.82) is 0 Å². The molecule has 144 valence electrons. The van der Waals surface area contributed by atoms with E-state index in [0.717, 1.165) is 26.2 Å². The number of nitrogens with one attached hydrogen (secondary N) is 2. The summed E-state index contributed by atoms with van der Waals surface area (Å²) in [6, 6.07) is 6.36. The fraction of sp³-hybridized carbons (Fsp3) is 0.263. The molecule has 2 aromatic heterocycles. The third kappa shape index (κ3) is 2.71. The Morgan fingerprint density at radius 1 is 1.07 bits per heavy atom. The molecule has 1 aliphatic heterocycles. The molecule has 1 saturated heterocycles. The number of benzene rings is 2. The number of aromatic nitrogens is 4. The van der Waals surface area contributed by atoms with E-state index in [4.69, 9.17) is 11.6 Å². The van der Waals surface area contributed by atoms with Crippen molar-refractivity contribution in [2.24, 2.45) is 0 Å². The summed E-state index contributed by atoms with van der Waals surface area (Å²) in [5.74, 6) is -0.535. The van der Waals surface area contributed by atoms with Crippen molar-refractivity contribution in [2.45, 2.75) is 0 Å². The van der Waals surface area contributed by atoms with Crippen LogP contribution in [0.3, 0.4) is 0 Å². The third-order valence-electron chi connectivity index (χ3n) is 5.24. The SMILES string of the molecule is CN1CCN(c2ccc3[nH]c(-c4n[nH]c5cc(Cl)c(F)cc45)nc3c2F)CC1. The highest BCUT2D eigenvalue weighted by atomic mass is 35.5. The van der Waals surface area contributed by atoms with E-state index in [0.29, 0.717) is 33.6 Å². The number of hydrogen-bond acceptors (Lipinski definition) is 4. The van der Waals surface area contributed by atoms with Crippen LogP contribution in [0.1, 0.15) is 0 Å². The van der Waals surface area contributed by atoms with Gasteiger partial charge >= 0.3 is 0 Å². The molecule has 2 N–H and O–H groups in total. The Kier molecular flexibility index (Phi) is 3.99. The molecule has 0 saturated carbocycles. The predicted molar refractivity (Wildman–Crippen MR) is 106 cm³/mol. The van der Waals surface area contributed by atoms with Crippen LogP contribution in [0.2, 0.25) is 5.02 Å². The van der Waals surface area contributed by atoms with Crippen LogP contribution in [-0.2, 0) is 0 Å². The summed E-state index contributed by atoms with van der Waals surface area (Å²) >= 11 is 5.82. The van der Waals surface area contributed by atoms with Crippen molar-refractivity contribution < 1.29 is 8.78 Å². The van der Waals surface area contributed by atoms with Crippen molar-refractivity contribution in [1.82, 2.24) is 25.1 Å². The maximum atomic E-state index is 15.2. The quantitative estimate of drug-likeness (QED) is 0.535. The summed E-state index contributed by atoms with van der Waals surface area (Å²) in [4.78, 5) is 11.8. The Bertz CT molecular complexity index is 1190. The molecule has 3 heterocycles. The van der Waals surface area contributed by atoms with Gasteiger partial charge in [-0.15, -0.1) is 0 Å². The zero-order valence-electron chi connectivity index (χ0n) is 15.1. The number of aromatic amines is 2. The van der Waals surface area contributed by atoms with Gasteiger partial charge in [0.25, 0.3) is 0 Å². The highest BCUT2D eigenvalue weighted by molar-refractivity contribution is 6.31. The maximum absolute atomic E-state index is 15.2. The second-order valence-electron chi connectivity index (χ2n) is 7.05. The van der Waals surface area contributed by atoms with Gasteiger partial charge in [-0.2, -0.15) is 5.10 Å². The second kappa shape index (κ2) is 6.42. The van der Waals surface area contributed by atoms with E-state index < -0.39 is 5.82 Å². The highest BCUT2D eigenvalue weighted by Gasteiger charge is 2.22. The van der Waals surface area contributed by atoms with Crippen LogP contribution >= 0.6 is 11.6 Å². The summed E-state index contributed by atoms with van der Waals surface area (Å²) in [5, 5.41) is 7.56. The summed E-state index contributed by atoms with van der Waals surface area (Å²) in [6.45, 7) is 3.30. The second-order valence-corrected chi connectivity index (χ2v) is 7.46. The molecule has 0 amide bonds. The average Bonchev–Trinajstić information content (AvgIpc) is 3.28. The largest absolute Gasteiger partial charge is 0.367 e. The van der Waals surface area contributed by atoms with Gasteiger partial charge in [0.2, 0.25) is 0 Å². The first kappa shape index (κ1) is 17.4. The molecule has 9 heteroatoms. The van der Waals surface area contributed by atoms with E-state index in [2.05, 4.69) is 32.1 Å². The van der Waals surface area contributed by atoms with Gasteiger partial charge in [-0.1, -0.05) is 11.6 Å². The Hall–Kier alpha value is -2.71. The third-order valence-corrected chi connectivity index (χ3v) is 5.53. The predicted octanol–water partition coefficient (Wildman–Crippen LogP) is 3.79. The Balaban J connectivity index is 1.59. The van der Waals surface area contributed by atoms with Crippen molar-refractivity contribution in [3.8, 4) is 11.5 Å². The van der Waals surface area contributed by atoms with Gasteiger partial charge in [-0.25, -0.2) is 13.8 Å². The molecule has 0 bridgehead atoms. The zero-order chi connectivity index (χ0) is 19.4.